The molecule has 0 unspecified atom stereocenters. The SMILES string of the molecule is COc1ccc2cc1Oc1cc3c(cc1OC)CC[N+](C)(C)[C@H]3Cc1ccc(cc1)Oc1c(OC)c(OC)cc3c1[C@@H](C2)[N+](C)(C)CC3.[Cl-].[Cl-]. The Kier molecular flexibility index (Phi) is 10.8. The Hall–Kier alpha value is -3.82. The summed E-state index contributed by atoms with van der Waals surface area (Å²) in [5.41, 5.74) is 7.34. The predicted molar refractivity (Wildman–Crippen MR) is 186 cm³/mol. The Balaban J connectivity index is 0.00000243. The van der Waals surface area contributed by atoms with Crippen LogP contribution in [-0.4, -0.2) is 78.7 Å². The monoisotopic (exact) mass is 722 g/mol. The fraction of sp³-hybridized carbons (Fsp3) is 0.400. The van der Waals surface area contributed by atoms with Crippen molar-refractivity contribution >= 4 is 0 Å². The Bertz CT molecular complexity index is 1860. The highest BCUT2D eigenvalue weighted by molar-refractivity contribution is 5.62. The van der Waals surface area contributed by atoms with Gasteiger partial charge < -0.3 is 62.2 Å². The molecule has 0 radical (unpaired) electrons. The van der Waals surface area contributed by atoms with Gasteiger partial charge in [0, 0.05) is 31.2 Å². The van der Waals surface area contributed by atoms with Gasteiger partial charge in [0.2, 0.25) is 5.75 Å². The molecule has 0 aromatic heterocycles. The number of benzene rings is 4. The van der Waals surface area contributed by atoms with Crippen LogP contribution in [-0.2, 0) is 25.7 Å². The van der Waals surface area contributed by atoms with E-state index in [0.717, 1.165) is 76.1 Å². The number of rotatable bonds is 4. The Morgan fingerprint density at radius 2 is 1.16 bits per heavy atom. The highest BCUT2D eigenvalue weighted by Crippen LogP contribution is 2.52. The maximum absolute atomic E-state index is 6.86. The van der Waals surface area contributed by atoms with Gasteiger partial charge in [0.25, 0.3) is 0 Å². The van der Waals surface area contributed by atoms with Crippen molar-refractivity contribution in [2.75, 3.05) is 69.7 Å². The van der Waals surface area contributed by atoms with Gasteiger partial charge in [0.1, 0.15) is 17.8 Å². The maximum Gasteiger partial charge on any atom is 0.204 e. The van der Waals surface area contributed by atoms with E-state index in [1.54, 1.807) is 28.4 Å². The van der Waals surface area contributed by atoms with Crippen molar-refractivity contribution in [2.45, 2.75) is 37.8 Å². The molecule has 8 rings (SSSR count). The lowest BCUT2D eigenvalue weighted by Gasteiger charge is -2.43. The van der Waals surface area contributed by atoms with Gasteiger partial charge in [0.05, 0.1) is 75.3 Å². The smallest absolute Gasteiger partial charge is 0.204 e. The first kappa shape index (κ1) is 37.4. The molecule has 4 aromatic rings. The minimum absolute atomic E-state index is 0. The maximum atomic E-state index is 6.86. The van der Waals surface area contributed by atoms with Crippen LogP contribution in [0.25, 0.3) is 0 Å². The summed E-state index contributed by atoms with van der Waals surface area (Å²) in [6.07, 6.45) is 3.50. The Morgan fingerprint density at radius 3 is 1.82 bits per heavy atom. The number of hydrogen-bond acceptors (Lipinski definition) is 6. The van der Waals surface area contributed by atoms with E-state index in [9.17, 15) is 0 Å². The average molecular weight is 724 g/mol. The number of ether oxygens (including phenoxy) is 6. The molecule has 0 saturated heterocycles. The molecule has 0 spiro atoms. The molecule has 6 bridgehead atoms. The van der Waals surface area contributed by atoms with E-state index in [4.69, 9.17) is 28.4 Å². The molecule has 0 amide bonds. The molecular formula is C40H48Cl2N2O6. The van der Waals surface area contributed by atoms with Gasteiger partial charge in [-0.2, -0.15) is 0 Å². The molecule has 4 aliphatic heterocycles. The minimum Gasteiger partial charge on any atom is -1.00 e. The van der Waals surface area contributed by atoms with Gasteiger partial charge in [-0.1, -0.05) is 18.2 Å². The van der Waals surface area contributed by atoms with E-state index in [2.05, 4.69) is 82.8 Å². The number of methoxy groups -OCH3 is 4. The van der Waals surface area contributed by atoms with Gasteiger partial charge in [-0.3, -0.25) is 0 Å². The predicted octanol–water partition coefficient (Wildman–Crippen LogP) is 1.46. The second-order valence-electron chi connectivity index (χ2n) is 14.5. The quantitative estimate of drug-likeness (QED) is 0.298. The molecule has 8 nitrogen and oxygen atoms in total. The van der Waals surface area contributed by atoms with Gasteiger partial charge in [0.15, 0.2) is 34.5 Å². The third kappa shape index (κ3) is 6.66. The first-order chi connectivity index (χ1) is 23.0. The highest BCUT2D eigenvalue weighted by atomic mass is 35.5. The van der Waals surface area contributed by atoms with E-state index in [-0.39, 0.29) is 36.9 Å². The molecule has 4 aliphatic rings. The van der Waals surface area contributed by atoms with Crippen LogP contribution in [0.2, 0.25) is 0 Å². The van der Waals surface area contributed by atoms with E-state index in [1.807, 2.05) is 6.07 Å². The second kappa shape index (κ2) is 14.4. The first-order valence-electron chi connectivity index (χ1n) is 16.8. The molecular weight excluding hydrogens is 675 g/mol. The van der Waals surface area contributed by atoms with Gasteiger partial charge in [-0.15, -0.1) is 0 Å². The summed E-state index contributed by atoms with van der Waals surface area (Å²) in [6, 6.07) is 21.6. The summed E-state index contributed by atoms with van der Waals surface area (Å²) in [5.74, 6) is 5.54. The Morgan fingerprint density at radius 1 is 0.580 bits per heavy atom. The van der Waals surface area contributed by atoms with Gasteiger partial charge in [-0.05, 0) is 64.7 Å². The van der Waals surface area contributed by atoms with Crippen molar-refractivity contribution in [1.82, 2.24) is 0 Å². The third-order valence-electron chi connectivity index (χ3n) is 10.9. The van der Waals surface area contributed by atoms with Crippen molar-refractivity contribution in [3.8, 4) is 46.0 Å². The summed E-state index contributed by atoms with van der Waals surface area (Å²) in [6.45, 7) is 2.01. The summed E-state index contributed by atoms with van der Waals surface area (Å²) in [5, 5.41) is 0. The molecule has 2 atom stereocenters. The number of quaternary nitrogens is 2. The number of hydrogen-bond donors (Lipinski definition) is 0. The molecule has 0 fully saturated rings. The van der Waals surface area contributed by atoms with Crippen molar-refractivity contribution < 1.29 is 62.2 Å². The van der Waals surface area contributed by atoms with Crippen LogP contribution in [0.3, 0.4) is 0 Å². The largest absolute Gasteiger partial charge is 1.00 e. The lowest BCUT2D eigenvalue weighted by atomic mass is 9.85. The van der Waals surface area contributed by atoms with Crippen LogP contribution >= 0.6 is 0 Å². The van der Waals surface area contributed by atoms with Crippen LogP contribution in [0.5, 0.6) is 46.0 Å². The standard InChI is InChI=1S/C40H48N2O6.2ClH/c1-41(2)17-15-27-22-34(44-6)36-24-30(27)31(41)19-25-9-12-29(13-10-25)47-40-38-28(23-37(45-7)39(40)46-8)16-18-42(3,4)32(38)20-26-11-14-33(43-5)35(21-26)48-36;;/h9-14,21-24,31-32H,15-20H2,1-8H3;2*1H/q+2;;/p-2/t31-,32+;;/m0../s1. The molecule has 268 valence electrons. The topological polar surface area (TPSA) is 55.4 Å². The highest BCUT2D eigenvalue weighted by Gasteiger charge is 2.41. The number of nitrogens with zero attached hydrogens (tertiary/aromatic N) is 2. The zero-order valence-corrected chi connectivity index (χ0v) is 31.8. The van der Waals surface area contributed by atoms with E-state index < -0.39 is 0 Å². The summed E-state index contributed by atoms with van der Waals surface area (Å²) in [7, 11) is 16.0. The molecule has 4 aromatic carbocycles. The number of halogens is 2. The van der Waals surface area contributed by atoms with Crippen molar-refractivity contribution in [1.29, 1.82) is 0 Å². The van der Waals surface area contributed by atoms with Crippen LogP contribution in [0.4, 0.5) is 0 Å². The molecule has 4 heterocycles. The van der Waals surface area contributed by atoms with Crippen LogP contribution < -0.4 is 53.2 Å². The van der Waals surface area contributed by atoms with Crippen molar-refractivity contribution in [3.63, 3.8) is 0 Å². The van der Waals surface area contributed by atoms with Crippen LogP contribution in [0.15, 0.2) is 60.7 Å². The average Bonchev–Trinajstić information content (AvgIpc) is 3.07. The molecule has 0 saturated carbocycles. The first-order valence-corrected chi connectivity index (χ1v) is 16.8. The molecule has 50 heavy (non-hydrogen) atoms. The second-order valence-corrected chi connectivity index (χ2v) is 14.5. The molecule has 10 heteroatoms. The van der Waals surface area contributed by atoms with Crippen LogP contribution in [0, 0.1) is 0 Å². The third-order valence-corrected chi connectivity index (χ3v) is 10.9. The zero-order chi connectivity index (χ0) is 33.8. The minimum atomic E-state index is 0. The lowest BCUT2D eigenvalue weighted by Crippen LogP contribution is -3.00. The summed E-state index contributed by atoms with van der Waals surface area (Å²) >= 11 is 0. The Labute approximate surface area is 308 Å². The van der Waals surface area contributed by atoms with E-state index in [0.29, 0.717) is 28.7 Å². The molecule has 0 N–H and O–H groups in total. The van der Waals surface area contributed by atoms with E-state index >= 15 is 0 Å². The fourth-order valence-corrected chi connectivity index (χ4v) is 7.95. The lowest BCUT2D eigenvalue weighted by molar-refractivity contribution is -0.923. The van der Waals surface area contributed by atoms with Crippen molar-refractivity contribution in [2.24, 2.45) is 0 Å². The van der Waals surface area contributed by atoms with Gasteiger partial charge >= 0.3 is 0 Å². The van der Waals surface area contributed by atoms with Crippen LogP contribution in [0.1, 0.15) is 45.5 Å². The molecule has 0 aliphatic carbocycles. The van der Waals surface area contributed by atoms with Gasteiger partial charge in [-0.25, -0.2) is 0 Å². The van der Waals surface area contributed by atoms with E-state index in [1.165, 1.54) is 22.3 Å². The van der Waals surface area contributed by atoms with Crippen molar-refractivity contribution in [3.05, 3.63) is 94.0 Å². The summed E-state index contributed by atoms with van der Waals surface area (Å²) in [4.78, 5) is 0. The fourth-order valence-electron chi connectivity index (χ4n) is 7.95. The number of likely N-dealkylation sites (N-methyl/N-ethyl adjacent to an activating group) is 2. The zero-order valence-electron chi connectivity index (χ0n) is 30.3. The normalized spacial score (nSPS) is 19.4. The summed E-state index contributed by atoms with van der Waals surface area (Å²) < 4.78 is 39.0. The number of fused-ring (bicyclic) bond motifs is 2.